The van der Waals surface area contributed by atoms with Gasteiger partial charge in [0, 0.05) is 0 Å². The van der Waals surface area contributed by atoms with Gasteiger partial charge in [0.25, 0.3) is 0 Å². The Morgan fingerprint density at radius 3 is 2.03 bits per heavy atom. The van der Waals surface area contributed by atoms with Crippen LogP contribution in [-0.4, -0.2) is 35.6 Å². The van der Waals surface area contributed by atoms with Crippen LogP contribution in [0.25, 0.3) is 33.0 Å². The maximum absolute atomic E-state index is 12.0. The van der Waals surface area contributed by atoms with E-state index >= 15 is 0 Å². The Balaban J connectivity index is 1.43. The molecule has 1 N–H and O–H groups in total. The molecule has 170 valence electrons. The van der Waals surface area contributed by atoms with Gasteiger partial charge in [-0.25, -0.2) is 4.79 Å². The zero-order valence-corrected chi connectivity index (χ0v) is 19.6. The first-order chi connectivity index (χ1) is 16.5. The van der Waals surface area contributed by atoms with Crippen LogP contribution in [0.5, 0.6) is 0 Å². The van der Waals surface area contributed by atoms with Crippen LogP contribution in [0.1, 0.15) is 40.7 Å². The number of fused-ring (bicyclic) bond motifs is 4. The summed E-state index contributed by atoms with van der Waals surface area (Å²) >= 11 is 0. The number of hydrogen-bond donors (Lipinski definition) is 1. The number of carboxylic acid groups (broad SMARTS) is 1. The monoisotopic (exact) mass is 447 g/mol. The van der Waals surface area contributed by atoms with Gasteiger partial charge in [-0.05, 0) is 108 Å². The van der Waals surface area contributed by atoms with Crippen molar-refractivity contribution in [3.05, 3.63) is 95.6 Å². The van der Waals surface area contributed by atoms with Crippen molar-refractivity contribution in [2.75, 3.05) is 19.6 Å². The average Bonchev–Trinajstić information content (AvgIpc) is 2.89. The predicted octanol–water partition coefficient (Wildman–Crippen LogP) is 6.92. The number of benzene rings is 4. The summed E-state index contributed by atoms with van der Waals surface area (Å²) in [6.07, 6.45) is 3.72. The van der Waals surface area contributed by atoms with Crippen molar-refractivity contribution in [3.8, 4) is 22.3 Å². The van der Waals surface area contributed by atoms with Crippen LogP contribution in [0.4, 0.5) is 0 Å². The number of rotatable bonds is 4. The fourth-order valence-electron chi connectivity index (χ4n) is 5.92. The highest BCUT2D eigenvalue weighted by molar-refractivity contribution is 6.04. The standard InChI is InChI=1S/C31H29NO2/c1-21-2-4-22(5-3-21)24-8-11-28-25(18-24)19-26(30(33)34)20-29(28)23-6-9-27(10-7-23)31-12-15-32(16-13-31)17-14-31/h2-11,18-20H,12-17H2,1H3,(H,33,34). The number of nitrogens with zero attached hydrogens (tertiary/aromatic N) is 1. The van der Waals surface area contributed by atoms with E-state index in [1.54, 1.807) is 6.07 Å². The largest absolute Gasteiger partial charge is 0.478 e. The molecule has 0 aromatic heterocycles. The van der Waals surface area contributed by atoms with Gasteiger partial charge in [-0.15, -0.1) is 0 Å². The van der Waals surface area contributed by atoms with E-state index in [0.717, 1.165) is 33.0 Å². The third-order valence-electron chi connectivity index (χ3n) is 8.11. The number of aryl methyl sites for hydroxylation is 1. The lowest BCUT2D eigenvalue weighted by Crippen LogP contribution is -2.50. The molecule has 3 fully saturated rings. The number of carbonyl (C=O) groups is 1. The maximum atomic E-state index is 12.0. The highest BCUT2D eigenvalue weighted by Crippen LogP contribution is 2.43. The molecule has 0 aliphatic carbocycles. The highest BCUT2D eigenvalue weighted by Gasteiger charge is 2.40. The summed E-state index contributed by atoms with van der Waals surface area (Å²) in [6, 6.07) is 27.4. The van der Waals surface area contributed by atoms with E-state index in [4.69, 9.17) is 0 Å². The molecule has 0 amide bonds. The van der Waals surface area contributed by atoms with Gasteiger partial charge in [0.15, 0.2) is 0 Å². The van der Waals surface area contributed by atoms with Gasteiger partial charge in [-0.3, -0.25) is 0 Å². The Labute approximate surface area is 200 Å². The van der Waals surface area contributed by atoms with Crippen LogP contribution in [0, 0.1) is 6.92 Å². The SMILES string of the molecule is Cc1ccc(-c2ccc3c(-c4ccc(C56CCN(CC5)CC6)cc4)cc(C(=O)O)cc3c2)cc1. The summed E-state index contributed by atoms with van der Waals surface area (Å²) in [4.78, 5) is 14.5. The van der Waals surface area contributed by atoms with Crippen LogP contribution in [0.3, 0.4) is 0 Å². The van der Waals surface area contributed by atoms with Crippen LogP contribution < -0.4 is 0 Å². The molecule has 0 saturated carbocycles. The van der Waals surface area contributed by atoms with E-state index in [0.29, 0.717) is 11.0 Å². The number of hydrogen-bond acceptors (Lipinski definition) is 2. The molecule has 0 spiro atoms. The summed E-state index contributed by atoms with van der Waals surface area (Å²) in [5.41, 5.74) is 7.60. The minimum atomic E-state index is -0.895. The van der Waals surface area contributed by atoms with Gasteiger partial charge in [0.1, 0.15) is 0 Å². The first-order valence-corrected chi connectivity index (χ1v) is 12.2. The van der Waals surface area contributed by atoms with Gasteiger partial charge >= 0.3 is 5.97 Å². The number of carboxylic acids is 1. The van der Waals surface area contributed by atoms with Crippen molar-refractivity contribution < 1.29 is 9.90 Å². The molecule has 34 heavy (non-hydrogen) atoms. The second kappa shape index (κ2) is 8.11. The molecule has 0 atom stereocenters. The van der Waals surface area contributed by atoms with Gasteiger partial charge < -0.3 is 10.0 Å². The van der Waals surface area contributed by atoms with Crippen LogP contribution in [-0.2, 0) is 5.41 Å². The lowest BCUT2D eigenvalue weighted by atomic mass is 9.67. The van der Waals surface area contributed by atoms with Crippen LogP contribution in [0.2, 0.25) is 0 Å². The van der Waals surface area contributed by atoms with Crippen molar-refractivity contribution in [2.24, 2.45) is 0 Å². The first-order valence-electron chi connectivity index (χ1n) is 12.2. The fraction of sp³-hybridized carbons (Fsp3) is 0.258. The normalized spacial score (nSPS) is 21.6. The van der Waals surface area contributed by atoms with E-state index in [1.165, 1.54) is 50.0 Å². The van der Waals surface area contributed by atoms with Crippen LogP contribution in [0.15, 0.2) is 78.9 Å². The number of aromatic carboxylic acids is 1. The Bertz CT molecular complexity index is 1360. The third-order valence-corrected chi connectivity index (χ3v) is 8.11. The van der Waals surface area contributed by atoms with Gasteiger partial charge in [-0.1, -0.05) is 66.2 Å². The third kappa shape index (κ3) is 3.61. The Morgan fingerprint density at radius 2 is 1.38 bits per heavy atom. The maximum Gasteiger partial charge on any atom is 0.335 e. The molecule has 3 heterocycles. The average molecular weight is 448 g/mol. The highest BCUT2D eigenvalue weighted by atomic mass is 16.4. The summed E-state index contributed by atoms with van der Waals surface area (Å²) in [7, 11) is 0. The molecule has 3 nitrogen and oxygen atoms in total. The molecule has 2 bridgehead atoms. The van der Waals surface area contributed by atoms with E-state index < -0.39 is 5.97 Å². The Morgan fingerprint density at radius 1 is 0.765 bits per heavy atom. The molecule has 4 aromatic rings. The first kappa shape index (κ1) is 21.1. The summed E-state index contributed by atoms with van der Waals surface area (Å²) in [5.74, 6) is -0.895. The molecule has 0 unspecified atom stereocenters. The van der Waals surface area contributed by atoms with Crippen LogP contribution >= 0.6 is 0 Å². The van der Waals surface area contributed by atoms with Gasteiger partial charge in [0.2, 0.25) is 0 Å². The minimum Gasteiger partial charge on any atom is -0.478 e. The zero-order valence-electron chi connectivity index (χ0n) is 19.6. The fourth-order valence-corrected chi connectivity index (χ4v) is 5.92. The van der Waals surface area contributed by atoms with Crippen molar-refractivity contribution >= 4 is 16.7 Å². The van der Waals surface area contributed by atoms with Crippen molar-refractivity contribution in [1.29, 1.82) is 0 Å². The molecular formula is C31H29NO2. The van der Waals surface area contributed by atoms with Crippen molar-refractivity contribution in [3.63, 3.8) is 0 Å². The molecule has 3 heteroatoms. The lowest BCUT2D eigenvalue weighted by molar-refractivity contribution is 0.0697. The predicted molar refractivity (Wildman–Crippen MR) is 138 cm³/mol. The lowest BCUT2D eigenvalue weighted by Gasteiger charge is -2.49. The van der Waals surface area contributed by atoms with Gasteiger partial charge in [0.05, 0.1) is 5.56 Å². The number of piperidine rings is 3. The van der Waals surface area contributed by atoms with Gasteiger partial charge in [-0.2, -0.15) is 0 Å². The van der Waals surface area contributed by atoms with Crippen molar-refractivity contribution in [2.45, 2.75) is 31.6 Å². The molecule has 0 radical (unpaired) electrons. The Kier molecular flexibility index (Phi) is 5.04. The molecule has 3 aliphatic heterocycles. The van der Waals surface area contributed by atoms with E-state index in [2.05, 4.69) is 78.6 Å². The van der Waals surface area contributed by atoms with E-state index in [9.17, 15) is 9.90 Å². The molecular weight excluding hydrogens is 418 g/mol. The van der Waals surface area contributed by atoms with E-state index in [1.807, 2.05) is 6.07 Å². The molecule has 3 saturated heterocycles. The summed E-state index contributed by atoms with van der Waals surface area (Å²) < 4.78 is 0. The summed E-state index contributed by atoms with van der Waals surface area (Å²) in [5, 5.41) is 11.8. The smallest absolute Gasteiger partial charge is 0.335 e. The molecule has 7 rings (SSSR count). The van der Waals surface area contributed by atoms with E-state index in [-0.39, 0.29) is 0 Å². The topological polar surface area (TPSA) is 40.5 Å². The Hall–Kier alpha value is -3.43. The zero-order chi connectivity index (χ0) is 23.3. The quantitative estimate of drug-likeness (QED) is 0.369. The second-order valence-electron chi connectivity index (χ2n) is 10.1. The second-order valence-corrected chi connectivity index (χ2v) is 10.1. The summed E-state index contributed by atoms with van der Waals surface area (Å²) in [6.45, 7) is 5.70. The molecule has 4 aromatic carbocycles. The minimum absolute atomic E-state index is 0.321. The molecule has 3 aliphatic rings. The van der Waals surface area contributed by atoms with Crippen molar-refractivity contribution in [1.82, 2.24) is 4.90 Å².